The average molecular weight is 427 g/mol. The molecule has 0 heterocycles. The number of carbonyl (C=O) groups excluding carboxylic acids is 2. The van der Waals surface area contributed by atoms with E-state index in [1.807, 2.05) is 0 Å². The van der Waals surface area contributed by atoms with Gasteiger partial charge >= 0.3 is 0 Å². The van der Waals surface area contributed by atoms with Crippen LogP contribution in [0.5, 0.6) is 0 Å². The molecule has 2 aromatic rings. The van der Waals surface area contributed by atoms with Gasteiger partial charge < -0.3 is 19.4 Å². The lowest BCUT2D eigenvalue weighted by molar-refractivity contribution is -0.115. The number of hydrogen-bond donors (Lipinski definition) is 1. The normalized spacial score (nSPS) is 10.5. The number of Topliss-reactive ketones (excluding diaryl/α,β-unsaturated/α-hetero) is 2. The van der Waals surface area contributed by atoms with Crippen molar-refractivity contribution in [2.75, 3.05) is 21.3 Å². The van der Waals surface area contributed by atoms with Gasteiger partial charge in [0.05, 0.1) is 0 Å². The minimum absolute atomic E-state index is 0.167. The molecule has 1 N–H and O–H groups in total. The van der Waals surface area contributed by atoms with E-state index >= 15 is 0 Å². The fraction of sp³-hybridized carbons (Fsp3) is 0.333. The average Bonchev–Trinajstić information content (AvgIpc) is 3.39. The minimum Gasteiger partial charge on any atom is -0.400 e. The Bertz CT molecular complexity index is 729. The second kappa shape index (κ2) is 20.5. The Kier molecular flexibility index (Phi) is 20.0. The number of aliphatic hydroxyl groups is 1. The van der Waals surface area contributed by atoms with E-state index in [1.165, 1.54) is 49.9 Å². The molecule has 31 heavy (non-hydrogen) atoms. The van der Waals surface area contributed by atoms with E-state index in [4.69, 9.17) is 5.11 Å². The highest BCUT2D eigenvalue weighted by Gasteiger charge is 2.01. The Labute approximate surface area is 188 Å². The lowest BCUT2D eigenvalue weighted by atomic mass is 10.1. The number of allylic oxidation sites excluding steroid dienone is 2. The molecule has 4 heteroatoms. The predicted molar refractivity (Wildman–Crippen MR) is 132 cm³/mol. The first kappa shape index (κ1) is 30.4. The van der Waals surface area contributed by atoms with Gasteiger partial charge in [-0.25, -0.2) is 0 Å². The number of fused-ring (bicyclic) bond motifs is 2. The number of aliphatic hydroxyl groups excluding tert-OH is 1. The molecule has 0 spiro atoms. The van der Waals surface area contributed by atoms with Gasteiger partial charge in [-0.3, -0.25) is 0 Å². The van der Waals surface area contributed by atoms with Crippen LogP contribution >= 0.6 is 0 Å². The zero-order valence-electron chi connectivity index (χ0n) is 20.0. The van der Waals surface area contributed by atoms with Crippen molar-refractivity contribution in [3.05, 3.63) is 82.9 Å². The molecule has 0 aromatic heterocycles. The first-order chi connectivity index (χ1) is 14.8. The van der Waals surface area contributed by atoms with E-state index < -0.39 is 0 Å². The minimum atomic E-state index is 0.167. The molecule has 0 radical (unpaired) electrons. The smallest absolute Gasteiger partial charge is 0.126 e. The Morgan fingerprint density at radius 2 is 0.935 bits per heavy atom. The van der Waals surface area contributed by atoms with Gasteiger partial charge in [-0.05, 0) is 62.8 Å². The Morgan fingerprint density at radius 3 is 1.19 bits per heavy atom. The number of ketones is 2. The van der Waals surface area contributed by atoms with Crippen LogP contribution in [0.2, 0.25) is 0 Å². The molecule has 0 atom stereocenters. The monoisotopic (exact) mass is 426 g/mol. The number of rotatable bonds is 0. The van der Waals surface area contributed by atoms with Crippen LogP contribution in [-0.4, -0.2) is 38.0 Å². The van der Waals surface area contributed by atoms with Crippen LogP contribution in [0, 0.1) is 0 Å². The van der Waals surface area contributed by atoms with E-state index in [9.17, 15) is 9.59 Å². The highest BCUT2D eigenvalue weighted by atomic mass is 16.4. The van der Waals surface area contributed by atoms with Crippen molar-refractivity contribution in [1.29, 1.82) is 0 Å². The zero-order chi connectivity index (χ0) is 24.1. The summed E-state index contributed by atoms with van der Waals surface area (Å²) in [5.41, 5.74) is 5.69. The van der Waals surface area contributed by atoms with Crippen molar-refractivity contribution in [2.24, 2.45) is 0 Å². The second-order valence-corrected chi connectivity index (χ2v) is 6.84. The van der Waals surface area contributed by atoms with E-state index in [0.717, 1.165) is 20.0 Å². The highest BCUT2D eigenvalue weighted by molar-refractivity contribution is 5.72. The molecule has 0 saturated heterocycles. The van der Waals surface area contributed by atoms with Crippen molar-refractivity contribution < 1.29 is 19.4 Å². The molecule has 0 saturated carbocycles. The summed E-state index contributed by atoms with van der Waals surface area (Å²) in [4.78, 5) is 18.9. The first-order valence-electron chi connectivity index (χ1n) is 10.1. The molecule has 2 aromatic carbocycles. The molecule has 170 valence electrons. The van der Waals surface area contributed by atoms with Crippen LogP contribution in [0.15, 0.2) is 60.7 Å². The molecule has 0 bridgehead atoms. The van der Waals surface area contributed by atoms with Crippen molar-refractivity contribution in [1.82, 2.24) is 0 Å². The summed E-state index contributed by atoms with van der Waals surface area (Å²) < 4.78 is 4.25. The maximum Gasteiger partial charge on any atom is 0.126 e. The topological polar surface area (TPSA) is 63.6 Å². The fourth-order valence-electron chi connectivity index (χ4n) is 2.39. The van der Waals surface area contributed by atoms with Crippen molar-refractivity contribution >= 4 is 23.7 Å². The molecular weight excluding hydrogens is 388 g/mol. The van der Waals surface area contributed by atoms with Gasteiger partial charge in [0.25, 0.3) is 0 Å². The number of carbonyl (C=O) groups is 2. The van der Waals surface area contributed by atoms with Gasteiger partial charge in [0.15, 0.2) is 0 Å². The second-order valence-electron chi connectivity index (χ2n) is 6.84. The molecule has 4 nitrogen and oxygen atoms in total. The standard InChI is InChI=1S/2C9H8.2C3H6O.C2H6O.CH4O/c2*1-2-5-9-7-3-6-8(9)4-1;2*1-3(2)4;1-3-2;1-2/h2*1-6H,7H2;2*1-2H3;1-2H3;2H,1H3. The van der Waals surface area contributed by atoms with Crippen LogP contribution in [0.4, 0.5) is 0 Å². The summed E-state index contributed by atoms with van der Waals surface area (Å²) in [5, 5.41) is 7.00. The maximum absolute atomic E-state index is 9.44. The first-order valence-corrected chi connectivity index (χ1v) is 10.1. The van der Waals surface area contributed by atoms with Gasteiger partial charge in [0.2, 0.25) is 0 Å². The summed E-state index contributed by atoms with van der Waals surface area (Å²) >= 11 is 0. The fourth-order valence-corrected chi connectivity index (χ4v) is 2.39. The summed E-state index contributed by atoms with van der Waals surface area (Å²) in [7, 11) is 4.25. The molecule has 0 aliphatic heterocycles. The summed E-state index contributed by atoms with van der Waals surface area (Å²) in [6.45, 7) is 6.11. The molecule has 0 amide bonds. The van der Waals surface area contributed by atoms with Crippen molar-refractivity contribution in [3.8, 4) is 0 Å². The van der Waals surface area contributed by atoms with Crippen LogP contribution < -0.4 is 0 Å². The summed E-state index contributed by atoms with van der Waals surface area (Å²) in [6.07, 6.45) is 11.0. The Balaban J connectivity index is 0. The van der Waals surface area contributed by atoms with Gasteiger partial charge in [0, 0.05) is 21.3 Å². The third kappa shape index (κ3) is 17.7. The molecular formula is C27H38O4. The molecule has 0 unspecified atom stereocenters. The lowest BCUT2D eigenvalue weighted by Crippen LogP contribution is -1.76. The van der Waals surface area contributed by atoms with Gasteiger partial charge in [-0.15, -0.1) is 0 Å². The molecule has 2 aliphatic rings. The Hall–Kier alpha value is -2.82. The van der Waals surface area contributed by atoms with Crippen LogP contribution in [-0.2, 0) is 27.2 Å². The molecule has 4 rings (SSSR count). The third-order valence-electron chi connectivity index (χ3n) is 3.38. The number of methoxy groups -OCH3 is 1. The Morgan fingerprint density at radius 1 is 0.677 bits per heavy atom. The van der Waals surface area contributed by atoms with Crippen molar-refractivity contribution in [3.63, 3.8) is 0 Å². The summed E-state index contributed by atoms with van der Waals surface area (Å²) in [5.74, 6) is 0.333. The van der Waals surface area contributed by atoms with Gasteiger partial charge in [-0.1, -0.05) is 72.8 Å². The maximum atomic E-state index is 9.44. The lowest BCUT2D eigenvalue weighted by Gasteiger charge is -1.93. The quantitative estimate of drug-likeness (QED) is 0.598. The van der Waals surface area contributed by atoms with Crippen LogP contribution in [0.3, 0.4) is 0 Å². The van der Waals surface area contributed by atoms with Gasteiger partial charge in [-0.2, -0.15) is 0 Å². The number of ether oxygens (including phenoxy) is 1. The van der Waals surface area contributed by atoms with Crippen molar-refractivity contribution in [2.45, 2.75) is 40.5 Å². The van der Waals surface area contributed by atoms with E-state index in [0.29, 0.717) is 0 Å². The number of hydrogen-bond acceptors (Lipinski definition) is 4. The van der Waals surface area contributed by atoms with Gasteiger partial charge in [0.1, 0.15) is 11.6 Å². The molecule has 0 fully saturated rings. The summed E-state index contributed by atoms with van der Waals surface area (Å²) in [6, 6.07) is 17.0. The predicted octanol–water partition coefficient (Wildman–Crippen LogP) is 5.57. The molecule has 2 aliphatic carbocycles. The largest absolute Gasteiger partial charge is 0.400 e. The highest BCUT2D eigenvalue weighted by Crippen LogP contribution is 2.18. The van der Waals surface area contributed by atoms with Crippen LogP contribution in [0.1, 0.15) is 49.9 Å². The van der Waals surface area contributed by atoms with Crippen LogP contribution in [0.25, 0.3) is 12.2 Å². The SMILES string of the molecule is C1=Cc2ccccc2C1.C1=Cc2ccccc2C1.CC(C)=O.CC(C)=O.CO.COC. The van der Waals surface area contributed by atoms with E-state index in [1.54, 1.807) is 14.2 Å². The third-order valence-corrected chi connectivity index (χ3v) is 3.38. The zero-order valence-corrected chi connectivity index (χ0v) is 20.0. The number of benzene rings is 2. The van der Waals surface area contributed by atoms with E-state index in [2.05, 4.69) is 77.6 Å². The van der Waals surface area contributed by atoms with E-state index in [-0.39, 0.29) is 11.6 Å².